The molecule has 0 aliphatic carbocycles. The van der Waals surface area contributed by atoms with Crippen LogP contribution in [-0.2, 0) is 12.8 Å². The molecule has 1 aromatic rings. The number of likely N-dealkylation sites (N-methyl/N-ethyl adjacent to an activating group) is 1. The molecule has 4 nitrogen and oxygen atoms in total. The summed E-state index contributed by atoms with van der Waals surface area (Å²) in [5.74, 6) is -0.0771. The van der Waals surface area contributed by atoms with Crippen molar-refractivity contribution in [1.82, 2.24) is 15.5 Å². The van der Waals surface area contributed by atoms with Crippen molar-refractivity contribution < 1.29 is 17.7 Å². The van der Waals surface area contributed by atoms with Crippen LogP contribution >= 0.6 is 0 Å². The number of rotatable bonds is 5. The number of alkyl halides is 3. The summed E-state index contributed by atoms with van der Waals surface area (Å²) in [5.41, 5.74) is -0.0470. The molecule has 1 N–H and O–H groups in total. The number of nitrogens with one attached hydrogen (secondary N) is 1. The molecule has 0 aromatic carbocycles. The first kappa shape index (κ1) is 15.9. The minimum absolute atomic E-state index is 0.0470. The zero-order chi connectivity index (χ0) is 14.7. The Morgan fingerprint density at radius 2 is 1.89 bits per heavy atom. The van der Waals surface area contributed by atoms with E-state index >= 15 is 0 Å². The van der Waals surface area contributed by atoms with Gasteiger partial charge in [-0.3, -0.25) is 0 Å². The van der Waals surface area contributed by atoms with Gasteiger partial charge in [-0.2, -0.15) is 18.2 Å². The van der Waals surface area contributed by atoms with Crippen molar-refractivity contribution >= 4 is 0 Å². The molecule has 0 saturated heterocycles. The quantitative estimate of drug-likeness (QED) is 0.900. The standard InChI is InChI=1S/C12H20F3N3O/c1-5-16-8(11(2,3)4)6-10-17-9(18-19-10)7-12(13,14)15/h8,16H,5-7H2,1-4H3. The number of hydrogen-bond acceptors (Lipinski definition) is 4. The summed E-state index contributed by atoms with van der Waals surface area (Å²) < 4.78 is 41.4. The molecule has 1 rings (SSSR count). The summed E-state index contributed by atoms with van der Waals surface area (Å²) in [6, 6.07) is 0.0664. The van der Waals surface area contributed by atoms with E-state index in [0.29, 0.717) is 6.42 Å². The van der Waals surface area contributed by atoms with E-state index in [9.17, 15) is 13.2 Å². The molecular formula is C12H20F3N3O. The summed E-state index contributed by atoms with van der Waals surface area (Å²) in [5, 5.41) is 6.64. The maximum Gasteiger partial charge on any atom is 0.396 e. The summed E-state index contributed by atoms with van der Waals surface area (Å²) in [6.45, 7) is 8.89. The van der Waals surface area contributed by atoms with Crippen LogP contribution in [0.1, 0.15) is 39.4 Å². The molecule has 0 bridgehead atoms. The molecule has 0 aliphatic heterocycles. The average molecular weight is 279 g/mol. The molecule has 1 unspecified atom stereocenters. The number of nitrogens with zero attached hydrogens (tertiary/aromatic N) is 2. The van der Waals surface area contributed by atoms with Gasteiger partial charge in [0.25, 0.3) is 0 Å². The Balaban J connectivity index is 2.71. The van der Waals surface area contributed by atoms with Crippen molar-refractivity contribution in [2.24, 2.45) is 5.41 Å². The molecule has 7 heteroatoms. The molecule has 19 heavy (non-hydrogen) atoms. The fourth-order valence-electron chi connectivity index (χ4n) is 1.73. The van der Waals surface area contributed by atoms with Crippen molar-refractivity contribution in [2.45, 2.75) is 52.8 Å². The predicted octanol–water partition coefficient (Wildman–Crippen LogP) is 2.74. The third-order valence-corrected chi connectivity index (χ3v) is 2.74. The normalized spacial score (nSPS) is 14.7. The van der Waals surface area contributed by atoms with Gasteiger partial charge in [0.05, 0.1) is 0 Å². The van der Waals surface area contributed by atoms with E-state index in [1.54, 1.807) is 0 Å². The Morgan fingerprint density at radius 3 is 2.37 bits per heavy atom. The molecule has 0 amide bonds. The maximum atomic E-state index is 12.2. The second-order valence-corrected chi connectivity index (χ2v) is 5.58. The predicted molar refractivity (Wildman–Crippen MR) is 64.7 cm³/mol. The van der Waals surface area contributed by atoms with Crippen LogP contribution in [0.25, 0.3) is 0 Å². The Labute approximate surface area is 110 Å². The van der Waals surface area contributed by atoms with Crippen molar-refractivity contribution in [1.29, 1.82) is 0 Å². The van der Waals surface area contributed by atoms with Crippen LogP contribution in [0.5, 0.6) is 0 Å². The molecule has 0 aliphatic rings. The highest BCUT2D eigenvalue weighted by Gasteiger charge is 2.31. The van der Waals surface area contributed by atoms with Crippen LogP contribution in [0.4, 0.5) is 13.2 Å². The minimum atomic E-state index is -4.31. The number of hydrogen-bond donors (Lipinski definition) is 1. The van der Waals surface area contributed by atoms with E-state index in [2.05, 4.69) is 15.5 Å². The summed E-state index contributed by atoms with van der Waals surface area (Å²) >= 11 is 0. The number of halogens is 3. The average Bonchev–Trinajstić information content (AvgIpc) is 2.60. The first-order valence-electron chi connectivity index (χ1n) is 6.23. The second-order valence-electron chi connectivity index (χ2n) is 5.58. The molecule has 0 spiro atoms. The Kier molecular flexibility index (Phi) is 4.95. The fourth-order valence-corrected chi connectivity index (χ4v) is 1.73. The van der Waals surface area contributed by atoms with Crippen LogP contribution in [0.3, 0.4) is 0 Å². The van der Waals surface area contributed by atoms with E-state index < -0.39 is 12.6 Å². The van der Waals surface area contributed by atoms with Crippen LogP contribution < -0.4 is 5.32 Å². The molecule has 1 aromatic heterocycles. The van der Waals surface area contributed by atoms with Crippen LogP contribution in [0.15, 0.2) is 4.52 Å². The fraction of sp³-hybridized carbons (Fsp3) is 0.833. The van der Waals surface area contributed by atoms with Gasteiger partial charge in [0.1, 0.15) is 6.42 Å². The lowest BCUT2D eigenvalue weighted by Gasteiger charge is -2.30. The highest BCUT2D eigenvalue weighted by atomic mass is 19.4. The summed E-state index contributed by atoms with van der Waals surface area (Å²) in [7, 11) is 0. The van der Waals surface area contributed by atoms with Gasteiger partial charge in [0.15, 0.2) is 5.82 Å². The minimum Gasteiger partial charge on any atom is -0.339 e. The third-order valence-electron chi connectivity index (χ3n) is 2.74. The zero-order valence-electron chi connectivity index (χ0n) is 11.6. The molecule has 110 valence electrons. The van der Waals surface area contributed by atoms with Crippen LogP contribution in [-0.4, -0.2) is 28.9 Å². The first-order chi connectivity index (χ1) is 8.62. The first-order valence-corrected chi connectivity index (χ1v) is 6.23. The van der Waals surface area contributed by atoms with E-state index in [1.807, 2.05) is 27.7 Å². The van der Waals surface area contributed by atoms with Gasteiger partial charge in [0, 0.05) is 12.5 Å². The van der Waals surface area contributed by atoms with Gasteiger partial charge in [-0.1, -0.05) is 32.9 Å². The Hall–Kier alpha value is -1.11. The molecule has 1 heterocycles. The lowest BCUT2D eigenvalue weighted by atomic mass is 9.84. The van der Waals surface area contributed by atoms with Crippen molar-refractivity contribution in [3.05, 3.63) is 11.7 Å². The topological polar surface area (TPSA) is 51.0 Å². The Morgan fingerprint density at radius 1 is 1.26 bits per heavy atom. The highest BCUT2D eigenvalue weighted by Crippen LogP contribution is 2.23. The van der Waals surface area contributed by atoms with Gasteiger partial charge in [-0.25, -0.2) is 0 Å². The maximum absolute atomic E-state index is 12.2. The van der Waals surface area contributed by atoms with Crippen LogP contribution in [0.2, 0.25) is 0 Å². The summed E-state index contributed by atoms with van der Waals surface area (Å²) in [6.07, 6.45) is -5.05. The molecule has 0 saturated carbocycles. The summed E-state index contributed by atoms with van der Waals surface area (Å²) in [4.78, 5) is 3.79. The van der Waals surface area contributed by atoms with Gasteiger partial charge >= 0.3 is 6.18 Å². The van der Waals surface area contributed by atoms with E-state index in [4.69, 9.17) is 4.52 Å². The lowest BCUT2D eigenvalue weighted by Crippen LogP contribution is -2.41. The van der Waals surface area contributed by atoms with Gasteiger partial charge in [-0.05, 0) is 12.0 Å². The molecule has 0 fully saturated rings. The molecular weight excluding hydrogens is 259 g/mol. The highest BCUT2D eigenvalue weighted by molar-refractivity contribution is 4.94. The van der Waals surface area contributed by atoms with Crippen molar-refractivity contribution in [3.63, 3.8) is 0 Å². The van der Waals surface area contributed by atoms with E-state index in [0.717, 1.165) is 6.54 Å². The zero-order valence-corrected chi connectivity index (χ0v) is 11.6. The van der Waals surface area contributed by atoms with E-state index in [1.165, 1.54) is 0 Å². The lowest BCUT2D eigenvalue weighted by molar-refractivity contribution is -0.128. The van der Waals surface area contributed by atoms with Crippen molar-refractivity contribution in [3.8, 4) is 0 Å². The SMILES string of the molecule is CCNC(Cc1nc(CC(F)(F)F)no1)C(C)(C)C. The Bertz CT molecular complexity index is 396. The monoisotopic (exact) mass is 279 g/mol. The smallest absolute Gasteiger partial charge is 0.339 e. The second kappa shape index (κ2) is 5.90. The van der Waals surface area contributed by atoms with Gasteiger partial charge in [-0.15, -0.1) is 0 Å². The molecule has 0 radical (unpaired) electrons. The van der Waals surface area contributed by atoms with Gasteiger partial charge < -0.3 is 9.84 Å². The largest absolute Gasteiger partial charge is 0.396 e. The third kappa shape index (κ3) is 5.59. The van der Waals surface area contributed by atoms with Gasteiger partial charge in [0.2, 0.25) is 5.89 Å². The van der Waals surface area contributed by atoms with Crippen molar-refractivity contribution in [2.75, 3.05) is 6.54 Å². The molecule has 1 atom stereocenters. The van der Waals surface area contributed by atoms with E-state index in [-0.39, 0.29) is 23.2 Å². The number of aromatic nitrogens is 2. The van der Waals surface area contributed by atoms with Crippen LogP contribution in [0, 0.1) is 5.41 Å².